The summed E-state index contributed by atoms with van der Waals surface area (Å²) in [5, 5.41) is 9.60. The standard InChI is InChI=1S/C21H21ClN4O2S3/c1-11-4-3-5-12(2)16(11)23-15(27)10-30-20-24-18-17(19(28)25-20)31-21(29)26(18)14-8-6-13(22)7-9-14/h3-9,17-18,20,24H,10H2,1-2H3,(H,23,27)(H,25,28). The average molecular weight is 493 g/mol. The van der Waals surface area contributed by atoms with Crippen molar-refractivity contribution in [2.24, 2.45) is 0 Å². The molecule has 0 radical (unpaired) electrons. The summed E-state index contributed by atoms with van der Waals surface area (Å²) in [6.45, 7) is 3.93. The smallest absolute Gasteiger partial charge is 0.238 e. The van der Waals surface area contributed by atoms with Crippen molar-refractivity contribution in [1.29, 1.82) is 0 Å². The van der Waals surface area contributed by atoms with E-state index >= 15 is 0 Å². The molecule has 0 aliphatic carbocycles. The van der Waals surface area contributed by atoms with E-state index in [2.05, 4.69) is 16.0 Å². The van der Waals surface area contributed by atoms with Gasteiger partial charge in [0.15, 0.2) is 0 Å². The lowest BCUT2D eigenvalue weighted by atomic mass is 10.1. The van der Waals surface area contributed by atoms with Crippen molar-refractivity contribution in [3.05, 3.63) is 58.6 Å². The zero-order valence-corrected chi connectivity index (χ0v) is 20.1. The van der Waals surface area contributed by atoms with Gasteiger partial charge in [0, 0.05) is 16.4 Å². The molecule has 2 fully saturated rings. The minimum absolute atomic E-state index is 0.0970. The molecule has 3 unspecified atom stereocenters. The van der Waals surface area contributed by atoms with Crippen molar-refractivity contribution in [2.45, 2.75) is 30.8 Å². The van der Waals surface area contributed by atoms with Crippen LogP contribution in [0.15, 0.2) is 42.5 Å². The van der Waals surface area contributed by atoms with Gasteiger partial charge in [-0.1, -0.05) is 53.8 Å². The molecule has 31 heavy (non-hydrogen) atoms. The second kappa shape index (κ2) is 9.38. The van der Waals surface area contributed by atoms with E-state index in [-0.39, 0.29) is 29.0 Å². The number of carbonyl (C=O) groups is 2. The van der Waals surface area contributed by atoms with Crippen molar-refractivity contribution in [3.8, 4) is 0 Å². The second-order valence-electron chi connectivity index (χ2n) is 7.28. The number of halogens is 1. The Labute approximate surface area is 199 Å². The summed E-state index contributed by atoms with van der Waals surface area (Å²) in [6, 6.07) is 13.2. The summed E-state index contributed by atoms with van der Waals surface area (Å²) in [7, 11) is 0. The predicted molar refractivity (Wildman–Crippen MR) is 134 cm³/mol. The van der Waals surface area contributed by atoms with Crippen LogP contribution in [-0.2, 0) is 9.59 Å². The lowest BCUT2D eigenvalue weighted by molar-refractivity contribution is -0.122. The Morgan fingerprint density at radius 1 is 1.23 bits per heavy atom. The summed E-state index contributed by atoms with van der Waals surface area (Å²) < 4.78 is 0.624. The molecule has 4 rings (SSSR count). The third-order valence-electron chi connectivity index (χ3n) is 5.07. The normalized spacial score (nSPS) is 22.8. The molecule has 3 atom stereocenters. The van der Waals surface area contributed by atoms with Crippen LogP contribution in [0.1, 0.15) is 11.1 Å². The Morgan fingerprint density at radius 3 is 2.58 bits per heavy atom. The monoisotopic (exact) mass is 492 g/mol. The number of nitrogens with one attached hydrogen (secondary N) is 3. The number of thioether (sulfide) groups is 2. The first kappa shape index (κ1) is 22.4. The van der Waals surface area contributed by atoms with Crippen LogP contribution in [0.25, 0.3) is 0 Å². The maximum atomic E-state index is 12.7. The fraction of sp³-hybridized carbons (Fsp3) is 0.286. The molecule has 10 heteroatoms. The molecular formula is C21H21ClN4O2S3. The van der Waals surface area contributed by atoms with Crippen LogP contribution >= 0.6 is 47.3 Å². The lowest BCUT2D eigenvalue weighted by Crippen LogP contribution is -2.64. The van der Waals surface area contributed by atoms with E-state index in [1.54, 1.807) is 12.1 Å². The number of anilines is 2. The van der Waals surface area contributed by atoms with Crippen LogP contribution in [-0.4, -0.2) is 38.8 Å². The summed E-state index contributed by atoms with van der Waals surface area (Å²) in [6.07, 6.45) is -0.299. The van der Waals surface area contributed by atoms with Crippen molar-refractivity contribution < 1.29 is 9.59 Å². The highest BCUT2D eigenvalue weighted by molar-refractivity contribution is 8.24. The largest absolute Gasteiger partial charge is 0.331 e. The molecule has 0 aromatic heterocycles. The zero-order chi connectivity index (χ0) is 22.1. The number of hydrogen-bond acceptors (Lipinski definition) is 6. The van der Waals surface area contributed by atoms with Gasteiger partial charge in [0.1, 0.15) is 21.2 Å². The predicted octanol–water partition coefficient (Wildman–Crippen LogP) is 3.86. The summed E-state index contributed by atoms with van der Waals surface area (Å²) in [4.78, 5) is 27.1. The number of aryl methyl sites for hydroxylation is 2. The van der Waals surface area contributed by atoms with Crippen molar-refractivity contribution in [2.75, 3.05) is 16.0 Å². The number of para-hydroxylation sites is 1. The first-order chi connectivity index (χ1) is 14.8. The Hall–Kier alpha value is -1.78. The SMILES string of the molecule is Cc1cccc(C)c1NC(=O)CSC1NC(=O)C2SC(=S)N(c3ccc(Cl)cc3)C2N1. The zero-order valence-electron chi connectivity index (χ0n) is 16.8. The van der Waals surface area contributed by atoms with E-state index in [0.29, 0.717) is 9.34 Å². The molecule has 2 aliphatic rings. The van der Waals surface area contributed by atoms with Crippen LogP contribution in [0.4, 0.5) is 11.4 Å². The Bertz CT molecular complexity index is 1010. The molecule has 162 valence electrons. The molecule has 3 N–H and O–H groups in total. The van der Waals surface area contributed by atoms with Crippen LogP contribution in [0.2, 0.25) is 5.02 Å². The number of carbonyl (C=O) groups excluding carboxylic acids is 2. The van der Waals surface area contributed by atoms with Gasteiger partial charge < -0.3 is 15.5 Å². The number of rotatable bonds is 5. The summed E-state index contributed by atoms with van der Waals surface area (Å²) >= 11 is 14.2. The van der Waals surface area contributed by atoms with E-state index in [4.69, 9.17) is 23.8 Å². The van der Waals surface area contributed by atoms with Crippen molar-refractivity contribution in [1.82, 2.24) is 10.6 Å². The van der Waals surface area contributed by atoms with Crippen LogP contribution in [0.3, 0.4) is 0 Å². The summed E-state index contributed by atoms with van der Waals surface area (Å²) in [5.74, 6) is -0.0200. The molecule has 0 bridgehead atoms. The number of thiocarbonyl (C=S) groups is 1. The van der Waals surface area contributed by atoms with Gasteiger partial charge in [0.25, 0.3) is 0 Å². The van der Waals surface area contributed by atoms with Crippen LogP contribution in [0, 0.1) is 13.8 Å². The number of hydrogen-bond donors (Lipinski definition) is 3. The second-order valence-corrected chi connectivity index (χ2v) is 10.6. The Balaban J connectivity index is 1.41. The molecule has 2 saturated heterocycles. The average Bonchev–Trinajstić information content (AvgIpc) is 3.06. The summed E-state index contributed by atoms with van der Waals surface area (Å²) in [5.41, 5.74) is 3.32. The molecule has 2 aromatic rings. The van der Waals surface area contributed by atoms with Crippen molar-refractivity contribution >= 4 is 74.9 Å². The quantitative estimate of drug-likeness (QED) is 0.547. The van der Waals surface area contributed by atoms with E-state index < -0.39 is 5.50 Å². The third-order valence-corrected chi connectivity index (χ3v) is 7.95. The first-order valence-electron chi connectivity index (χ1n) is 9.63. The third kappa shape index (κ3) is 4.85. The number of amides is 2. The number of fused-ring (bicyclic) bond motifs is 1. The molecule has 2 aliphatic heterocycles. The minimum Gasteiger partial charge on any atom is -0.331 e. The van der Waals surface area contributed by atoms with Gasteiger partial charge in [-0.05, 0) is 49.2 Å². The highest BCUT2D eigenvalue weighted by atomic mass is 35.5. The molecule has 0 spiro atoms. The Kier molecular flexibility index (Phi) is 6.78. The van der Waals surface area contributed by atoms with Gasteiger partial charge in [-0.3, -0.25) is 14.9 Å². The lowest BCUT2D eigenvalue weighted by Gasteiger charge is -2.36. The maximum absolute atomic E-state index is 12.7. The number of nitrogens with zero attached hydrogens (tertiary/aromatic N) is 1. The van der Waals surface area contributed by atoms with Crippen molar-refractivity contribution in [3.63, 3.8) is 0 Å². The van der Waals surface area contributed by atoms with Gasteiger partial charge >= 0.3 is 0 Å². The number of benzene rings is 2. The van der Waals surface area contributed by atoms with Crippen LogP contribution in [0.5, 0.6) is 0 Å². The van der Waals surface area contributed by atoms with E-state index in [0.717, 1.165) is 22.5 Å². The van der Waals surface area contributed by atoms with Crippen LogP contribution < -0.4 is 20.9 Å². The van der Waals surface area contributed by atoms with Gasteiger partial charge in [-0.2, -0.15) is 0 Å². The molecule has 2 amide bonds. The van der Waals surface area contributed by atoms with Gasteiger partial charge in [-0.25, -0.2) is 0 Å². The maximum Gasteiger partial charge on any atom is 0.238 e. The molecule has 0 saturated carbocycles. The first-order valence-corrected chi connectivity index (χ1v) is 12.3. The van der Waals surface area contributed by atoms with E-state index in [1.807, 2.05) is 49.1 Å². The highest BCUT2D eigenvalue weighted by Crippen LogP contribution is 2.37. The highest BCUT2D eigenvalue weighted by Gasteiger charge is 2.47. The molecule has 6 nitrogen and oxygen atoms in total. The fourth-order valence-electron chi connectivity index (χ4n) is 3.55. The topological polar surface area (TPSA) is 73.5 Å². The molecule has 2 heterocycles. The minimum atomic E-state index is -0.409. The fourth-order valence-corrected chi connectivity index (χ4v) is 6.08. The van der Waals surface area contributed by atoms with E-state index in [1.165, 1.54) is 23.5 Å². The Morgan fingerprint density at radius 2 is 1.90 bits per heavy atom. The van der Waals surface area contributed by atoms with Gasteiger partial charge in [0.05, 0.1) is 5.75 Å². The van der Waals surface area contributed by atoms with Gasteiger partial charge in [-0.15, -0.1) is 11.8 Å². The van der Waals surface area contributed by atoms with E-state index in [9.17, 15) is 9.59 Å². The molecule has 2 aromatic carbocycles. The molecular weight excluding hydrogens is 472 g/mol. The van der Waals surface area contributed by atoms with Gasteiger partial charge in [0.2, 0.25) is 11.8 Å².